The van der Waals surface area contributed by atoms with E-state index in [1.165, 1.54) is 6.07 Å². The van der Waals surface area contributed by atoms with Crippen LogP contribution in [0.25, 0.3) is 134 Å². The van der Waals surface area contributed by atoms with E-state index in [4.69, 9.17) is 29.9 Å². The van der Waals surface area contributed by atoms with Crippen molar-refractivity contribution in [2.45, 2.75) is 13.1 Å². The van der Waals surface area contributed by atoms with Gasteiger partial charge in [-0.25, -0.2) is 29.9 Å². The Labute approximate surface area is 462 Å². The third-order valence-corrected chi connectivity index (χ3v) is 14.8. The summed E-state index contributed by atoms with van der Waals surface area (Å²) in [5, 5.41) is 14.4. The Kier molecular flexibility index (Phi) is 11.7. The first-order valence-corrected chi connectivity index (χ1v) is 26.2. The summed E-state index contributed by atoms with van der Waals surface area (Å²) >= 11 is 0. The van der Waals surface area contributed by atoms with Crippen molar-refractivity contribution in [1.82, 2.24) is 39.0 Å². The van der Waals surface area contributed by atoms with E-state index in [1.54, 1.807) is 25.1 Å². The first-order chi connectivity index (χ1) is 39.7. The van der Waals surface area contributed by atoms with Gasteiger partial charge in [-0.05, 0) is 79.2 Å². The summed E-state index contributed by atoms with van der Waals surface area (Å²) in [4.78, 5) is 29.9. The minimum atomic E-state index is -4.77. The molecule has 14 rings (SSSR count). The van der Waals surface area contributed by atoms with Crippen LogP contribution in [0.4, 0.5) is 13.2 Å². The van der Waals surface area contributed by atoms with E-state index >= 15 is 13.2 Å². The highest BCUT2D eigenvalue weighted by Crippen LogP contribution is 2.48. The van der Waals surface area contributed by atoms with Gasteiger partial charge in [-0.2, -0.15) is 18.4 Å². The monoisotopic (exact) mass is 1050 g/mol. The predicted molar refractivity (Wildman–Crippen MR) is 314 cm³/mol. The first kappa shape index (κ1) is 48.5. The molecule has 0 radical (unpaired) electrons. The van der Waals surface area contributed by atoms with E-state index in [0.717, 1.165) is 49.9 Å². The van der Waals surface area contributed by atoms with Crippen LogP contribution >= 0.6 is 0 Å². The maximum absolute atomic E-state index is 15.9. The molecule has 0 fully saturated rings. The Morgan fingerprint density at radius 3 is 1.06 bits per heavy atom. The zero-order valence-electron chi connectivity index (χ0n) is 43.2. The van der Waals surface area contributed by atoms with Crippen LogP contribution < -0.4 is 0 Å². The van der Waals surface area contributed by atoms with Crippen molar-refractivity contribution < 1.29 is 13.2 Å². The highest BCUT2D eigenvalue weighted by molar-refractivity contribution is 6.13. The summed E-state index contributed by atoms with van der Waals surface area (Å²) in [7, 11) is 0. The number of nitrogens with zero attached hydrogens (tertiary/aromatic N) is 9. The van der Waals surface area contributed by atoms with Gasteiger partial charge in [0.2, 0.25) is 0 Å². The lowest BCUT2D eigenvalue weighted by Gasteiger charge is -2.24. The summed E-state index contributed by atoms with van der Waals surface area (Å²) < 4.78 is 51.6. The maximum Gasteiger partial charge on any atom is 0.417 e. The molecule has 81 heavy (non-hydrogen) atoms. The second-order valence-corrected chi connectivity index (χ2v) is 19.7. The lowest BCUT2D eigenvalue weighted by atomic mass is 9.90. The fourth-order valence-electron chi connectivity index (χ4n) is 11.1. The number of halogens is 3. The van der Waals surface area contributed by atoms with E-state index in [2.05, 4.69) is 6.07 Å². The number of alkyl halides is 3. The summed E-state index contributed by atoms with van der Waals surface area (Å²) in [5.74, 6) is 2.92. The van der Waals surface area contributed by atoms with Gasteiger partial charge in [0.05, 0.1) is 50.6 Å². The summed E-state index contributed by atoms with van der Waals surface area (Å²) in [5.41, 5.74) is 8.43. The number of aryl methyl sites for hydroxylation is 1. The van der Waals surface area contributed by atoms with Crippen LogP contribution in [-0.2, 0) is 6.18 Å². The second kappa shape index (κ2) is 19.5. The van der Waals surface area contributed by atoms with Crippen molar-refractivity contribution in [2.75, 3.05) is 0 Å². The van der Waals surface area contributed by atoms with Gasteiger partial charge in [0.15, 0.2) is 34.9 Å². The Balaban J connectivity index is 1.03. The molecule has 0 atom stereocenters. The molecule has 9 nitrogen and oxygen atoms in total. The molecule has 0 bridgehead atoms. The Hall–Kier alpha value is -10.9. The van der Waals surface area contributed by atoms with Crippen LogP contribution in [0.3, 0.4) is 0 Å². The molecular formula is C69H42F3N9. The standard InChI is InChI=1S/C69H42F3N9/c1-42-19-18-30-54(69(70,71)72)61(42)62-59(80-55-31-16-14-28-50(55)52-39-48(33-35-57(52)80)67-76-63(44-20-6-2-7-21-44)74-64(77-67)45-22-8-3-9-23-45)37-43(41-73)38-60(62)81-56-32-17-15-29-51(56)53-40-49(34-36-58(53)81)68-78-65(46-24-10-4-11-25-46)75-66(79-68)47-26-12-5-13-27-47/h2-40H,1H3. The average Bonchev–Trinajstić information content (AvgIpc) is 4.02. The molecule has 0 saturated heterocycles. The minimum absolute atomic E-state index is 0.0104. The SMILES string of the molecule is Cc1cccc(C(F)(F)F)c1-c1c(-n2c3ccccc3c3cc(-c4nc(-c5ccccc5)nc(-c5ccccc5)n4)ccc32)cc(C#N)cc1-n1c2ccccc2c2cc(-c3nc(-c4ccccc4)nc(-c4ccccc4)n3)ccc21. The van der Waals surface area contributed by atoms with Gasteiger partial charge in [0.25, 0.3) is 0 Å². The number of rotatable bonds is 9. The van der Waals surface area contributed by atoms with Crippen molar-refractivity contribution in [1.29, 1.82) is 5.26 Å². The Morgan fingerprint density at radius 1 is 0.346 bits per heavy atom. The molecule has 0 spiro atoms. The molecule has 4 aromatic heterocycles. The number of aromatic nitrogens is 8. The van der Waals surface area contributed by atoms with Crippen LogP contribution in [0.1, 0.15) is 16.7 Å². The van der Waals surface area contributed by atoms with E-state index < -0.39 is 11.7 Å². The molecule has 0 unspecified atom stereocenters. The summed E-state index contributed by atoms with van der Waals surface area (Å²) in [6, 6.07) is 76.5. The molecule has 12 heteroatoms. The van der Waals surface area contributed by atoms with Crippen LogP contribution in [-0.4, -0.2) is 39.0 Å². The zero-order chi connectivity index (χ0) is 54.8. The van der Waals surface area contributed by atoms with Gasteiger partial charge >= 0.3 is 6.18 Å². The van der Waals surface area contributed by atoms with Crippen molar-refractivity contribution >= 4 is 43.6 Å². The number of nitriles is 1. The molecule has 0 aliphatic rings. The number of hydrogen-bond acceptors (Lipinski definition) is 7. The molecule has 10 aromatic carbocycles. The summed E-state index contributed by atoms with van der Waals surface area (Å²) in [6.45, 7) is 1.71. The zero-order valence-corrected chi connectivity index (χ0v) is 43.2. The second-order valence-electron chi connectivity index (χ2n) is 19.7. The van der Waals surface area contributed by atoms with Crippen molar-refractivity contribution in [2.24, 2.45) is 0 Å². The molecule has 4 heterocycles. The molecule has 384 valence electrons. The molecule has 0 aliphatic heterocycles. The van der Waals surface area contributed by atoms with Gasteiger partial charge < -0.3 is 9.13 Å². The van der Waals surface area contributed by atoms with Gasteiger partial charge in [-0.3, -0.25) is 0 Å². The highest BCUT2D eigenvalue weighted by atomic mass is 19.4. The van der Waals surface area contributed by atoms with Gasteiger partial charge in [-0.1, -0.05) is 170 Å². The van der Waals surface area contributed by atoms with Crippen LogP contribution in [0.5, 0.6) is 0 Å². The molecule has 0 saturated carbocycles. The lowest BCUT2D eigenvalue weighted by molar-refractivity contribution is -0.137. The van der Waals surface area contributed by atoms with E-state index in [-0.39, 0.29) is 16.7 Å². The van der Waals surface area contributed by atoms with Crippen molar-refractivity contribution in [3.05, 3.63) is 253 Å². The number of benzene rings is 10. The topological polar surface area (TPSA) is 111 Å². The average molecular weight is 1050 g/mol. The Bertz CT molecular complexity index is 4440. The fraction of sp³-hybridized carbons (Fsp3) is 0.0290. The van der Waals surface area contributed by atoms with E-state index in [9.17, 15) is 5.26 Å². The molecule has 0 amide bonds. The van der Waals surface area contributed by atoms with Crippen LogP contribution in [0.2, 0.25) is 0 Å². The quantitative estimate of drug-likeness (QED) is 0.142. The van der Waals surface area contributed by atoms with Crippen molar-refractivity contribution in [3.63, 3.8) is 0 Å². The smallest absolute Gasteiger partial charge is 0.308 e. The van der Waals surface area contributed by atoms with Crippen molar-refractivity contribution in [3.8, 4) is 96.9 Å². The van der Waals surface area contributed by atoms with E-state index in [0.29, 0.717) is 85.1 Å². The molecule has 0 aliphatic carbocycles. The van der Waals surface area contributed by atoms with E-state index in [1.807, 2.05) is 215 Å². The molecule has 14 aromatic rings. The van der Waals surface area contributed by atoms with Gasteiger partial charge in [-0.15, -0.1) is 0 Å². The third-order valence-electron chi connectivity index (χ3n) is 14.8. The molecule has 0 N–H and O–H groups in total. The van der Waals surface area contributed by atoms with Crippen LogP contribution in [0.15, 0.2) is 237 Å². The highest BCUT2D eigenvalue weighted by Gasteiger charge is 2.37. The number of fused-ring (bicyclic) bond motifs is 6. The number of hydrogen-bond donors (Lipinski definition) is 0. The predicted octanol–water partition coefficient (Wildman–Crippen LogP) is 17.1. The van der Waals surface area contributed by atoms with Gasteiger partial charge in [0, 0.05) is 66.1 Å². The third kappa shape index (κ3) is 8.52. The first-order valence-electron chi connectivity index (χ1n) is 26.2. The van der Waals surface area contributed by atoms with Crippen LogP contribution in [0, 0.1) is 18.3 Å². The fourth-order valence-corrected chi connectivity index (χ4v) is 11.1. The molecular weight excluding hydrogens is 1010 g/mol. The largest absolute Gasteiger partial charge is 0.417 e. The maximum atomic E-state index is 15.9. The lowest BCUT2D eigenvalue weighted by Crippen LogP contribution is -2.12. The van der Waals surface area contributed by atoms with Gasteiger partial charge in [0.1, 0.15) is 0 Å². The summed E-state index contributed by atoms with van der Waals surface area (Å²) in [6.07, 6.45) is -4.77. The normalized spacial score (nSPS) is 11.7. The number of para-hydroxylation sites is 2. The Morgan fingerprint density at radius 2 is 0.691 bits per heavy atom. The minimum Gasteiger partial charge on any atom is -0.308 e.